The molecule has 3 N–H and O–H groups in total. The fourth-order valence-electron chi connectivity index (χ4n) is 1.85. The quantitative estimate of drug-likeness (QED) is 0.634. The van der Waals surface area contributed by atoms with Gasteiger partial charge in [-0.15, -0.1) is 0 Å². The Morgan fingerprint density at radius 2 is 2.24 bits per heavy atom. The Labute approximate surface area is 129 Å². The highest BCUT2D eigenvalue weighted by molar-refractivity contribution is 6.34. The van der Waals surface area contributed by atoms with Crippen LogP contribution in [0.15, 0.2) is 30.5 Å². The highest BCUT2D eigenvalue weighted by atomic mass is 35.5. The average molecular weight is 307 g/mol. The van der Waals surface area contributed by atoms with E-state index in [9.17, 15) is 0 Å². The van der Waals surface area contributed by atoms with Crippen molar-refractivity contribution in [2.24, 2.45) is 5.73 Å². The number of amidine groups is 1. The molecule has 0 saturated heterocycles. The lowest BCUT2D eigenvalue weighted by molar-refractivity contribution is 0.298. The summed E-state index contributed by atoms with van der Waals surface area (Å²) >= 11 is 6.05. The van der Waals surface area contributed by atoms with Gasteiger partial charge in [-0.3, -0.25) is 10.1 Å². The van der Waals surface area contributed by atoms with E-state index in [1.165, 1.54) is 0 Å². The summed E-state index contributed by atoms with van der Waals surface area (Å²) < 4.78 is 7.60. The van der Waals surface area contributed by atoms with Crippen molar-refractivity contribution in [3.05, 3.63) is 46.7 Å². The third-order valence-electron chi connectivity index (χ3n) is 3.32. The Balaban J connectivity index is 2.01. The molecule has 1 aromatic heterocycles. The molecule has 21 heavy (non-hydrogen) atoms. The molecule has 0 spiro atoms. The van der Waals surface area contributed by atoms with Crippen molar-refractivity contribution in [3.63, 3.8) is 0 Å². The predicted molar refractivity (Wildman–Crippen MR) is 84.0 cm³/mol. The molecule has 1 unspecified atom stereocenters. The maximum absolute atomic E-state index is 7.38. The molecule has 6 heteroatoms. The monoisotopic (exact) mass is 306 g/mol. The summed E-state index contributed by atoms with van der Waals surface area (Å²) in [6.07, 6.45) is 2.99. The molecule has 5 nitrogen and oxygen atoms in total. The Hall–Kier alpha value is -2.01. The molecule has 2 aromatic rings. The molecule has 0 aliphatic rings. The van der Waals surface area contributed by atoms with Gasteiger partial charge in [0, 0.05) is 17.8 Å². The first-order valence-corrected chi connectivity index (χ1v) is 7.19. The van der Waals surface area contributed by atoms with E-state index in [0.29, 0.717) is 29.0 Å². The molecule has 0 fully saturated rings. The maximum atomic E-state index is 7.38. The number of benzene rings is 1. The largest absolute Gasteiger partial charge is 0.487 e. The highest BCUT2D eigenvalue weighted by Crippen LogP contribution is 2.23. The second-order valence-corrected chi connectivity index (χ2v) is 5.30. The molecule has 0 aliphatic heterocycles. The van der Waals surface area contributed by atoms with Gasteiger partial charge in [-0.05, 0) is 37.6 Å². The van der Waals surface area contributed by atoms with Gasteiger partial charge in [-0.2, -0.15) is 5.10 Å². The molecule has 0 amide bonds. The normalized spacial score (nSPS) is 12.1. The van der Waals surface area contributed by atoms with Crippen LogP contribution in [0.25, 0.3) is 0 Å². The van der Waals surface area contributed by atoms with Gasteiger partial charge in [0.15, 0.2) is 0 Å². The van der Waals surface area contributed by atoms with E-state index < -0.39 is 0 Å². The van der Waals surface area contributed by atoms with E-state index in [-0.39, 0.29) is 5.84 Å². The fraction of sp³-hybridized carbons (Fsp3) is 0.333. The summed E-state index contributed by atoms with van der Waals surface area (Å²) in [5, 5.41) is 12.3. The van der Waals surface area contributed by atoms with Crippen molar-refractivity contribution >= 4 is 17.4 Å². The Morgan fingerprint density at radius 3 is 2.86 bits per heavy atom. The highest BCUT2D eigenvalue weighted by Gasteiger charge is 2.07. The number of ether oxygens (including phenoxy) is 1. The average Bonchev–Trinajstić information content (AvgIpc) is 2.92. The minimum absolute atomic E-state index is 0.0566. The van der Waals surface area contributed by atoms with Crippen LogP contribution in [0.1, 0.15) is 37.6 Å². The first kappa shape index (κ1) is 15.4. The number of rotatable bonds is 6. The van der Waals surface area contributed by atoms with Crippen LogP contribution in [0.3, 0.4) is 0 Å². The number of nitrogens with one attached hydrogen (secondary N) is 1. The molecular weight excluding hydrogens is 288 g/mol. The number of halogens is 1. The first-order chi connectivity index (χ1) is 10.0. The van der Waals surface area contributed by atoms with Gasteiger partial charge in [-0.25, -0.2) is 0 Å². The van der Waals surface area contributed by atoms with E-state index >= 15 is 0 Å². The van der Waals surface area contributed by atoms with Crippen molar-refractivity contribution in [2.45, 2.75) is 32.9 Å². The van der Waals surface area contributed by atoms with Crippen LogP contribution < -0.4 is 10.5 Å². The zero-order chi connectivity index (χ0) is 15.4. The van der Waals surface area contributed by atoms with Crippen LogP contribution in [0.2, 0.25) is 5.02 Å². The minimum Gasteiger partial charge on any atom is -0.487 e. The number of aromatic nitrogens is 2. The van der Waals surface area contributed by atoms with Crippen molar-refractivity contribution in [1.82, 2.24) is 9.78 Å². The van der Waals surface area contributed by atoms with Crippen LogP contribution >= 0.6 is 11.6 Å². The van der Waals surface area contributed by atoms with Gasteiger partial charge in [0.05, 0.1) is 10.7 Å². The third kappa shape index (κ3) is 3.76. The summed E-state index contributed by atoms with van der Waals surface area (Å²) in [6.45, 7) is 4.62. The molecule has 1 atom stereocenters. The Bertz CT molecular complexity index is 638. The van der Waals surface area contributed by atoms with E-state index in [1.807, 2.05) is 16.9 Å². The minimum atomic E-state index is -0.0566. The van der Waals surface area contributed by atoms with Gasteiger partial charge in [0.25, 0.3) is 0 Å². The molecule has 0 saturated carbocycles. The molecule has 0 aliphatic carbocycles. The lowest BCUT2D eigenvalue weighted by Crippen LogP contribution is -2.11. The number of hydrogen-bond acceptors (Lipinski definition) is 3. The first-order valence-electron chi connectivity index (χ1n) is 6.82. The smallest absolute Gasteiger partial charge is 0.132 e. The number of nitrogens with zero attached hydrogens (tertiary/aromatic N) is 2. The molecule has 1 aromatic carbocycles. The van der Waals surface area contributed by atoms with Crippen LogP contribution in [-0.2, 0) is 6.61 Å². The Morgan fingerprint density at radius 1 is 1.48 bits per heavy atom. The summed E-state index contributed by atoms with van der Waals surface area (Å²) in [7, 11) is 0. The summed E-state index contributed by atoms with van der Waals surface area (Å²) in [6, 6.07) is 7.40. The fourth-order valence-corrected chi connectivity index (χ4v) is 2.12. The SMILES string of the molecule is CCC(C)n1ccc(COc2ccc(C(=N)N)c(Cl)c2)n1. The zero-order valence-corrected chi connectivity index (χ0v) is 12.9. The number of hydrogen-bond donors (Lipinski definition) is 2. The maximum Gasteiger partial charge on any atom is 0.132 e. The molecule has 2 rings (SSSR count). The zero-order valence-electron chi connectivity index (χ0n) is 12.1. The number of nitrogens with two attached hydrogens (primary N) is 1. The van der Waals surface area contributed by atoms with Gasteiger partial charge >= 0.3 is 0 Å². The van der Waals surface area contributed by atoms with Crippen LogP contribution in [-0.4, -0.2) is 15.6 Å². The van der Waals surface area contributed by atoms with Crippen LogP contribution in [0.5, 0.6) is 5.75 Å². The molecule has 0 radical (unpaired) electrons. The summed E-state index contributed by atoms with van der Waals surface area (Å²) in [5.41, 5.74) is 6.79. The second-order valence-electron chi connectivity index (χ2n) is 4.89. The van der Waals surface area contributed by atoms with E-state index in [4.69, 9.17) is 27.5 Å². The predicted octanol–water partition coefficient (Wildman–Crippen LogP) is 3.37. The van der Waals surface area contributed by atoms with Gasteiger partial charge in [0.1, 0.15) is 18.2 Å². The van der Waals surface area contributed by atoms with Gasteiger partial charge in [0.2, 0.25) is 0 Å². The van der Waals surface area contributed by atoms with Crippen molar-refractivity contribution in [3.8, 4) is 5.75 Å². The lowest BCUT2D eigenvalue weighted by Gasteiger charge is -2.09. The lowest BCUT2D eigenvalue weighted by atomic mass is 10.2. The molecular formula is C15H19ClN4O. The van der Waals surface area contributed by atoms with Crippen LogP contribution in [0, 0.1) is 5.41 Å². The molecule has 0 bridgehead atoms. The van der Waals surface area contributed by atoms with Crippen molar-refractivity contribution in [2.75, 3.05) is 0 Å². The number of nitrogen functional groups attached to an aromatic ring is 1. The standard InChI is InChI=1S/C15H19ClN4O/c1-3-10(2)20-7-6-11(19-20)9-21-12-4-5-13(15(17)18)14(16)8-12/h4-8,10H,3,9H2,1-2H3,(H3,17,18). The Kier molecular flexibility index (Phi) is 4.85. The second kappa shape index (κ2) is 6.63. The van der Waals surface area contributed by atoms with E-state index in [0.717, 1.165) is 12.1 Å². The topological polar surface area (TPSA) is 76.9 Å². The summed E-state index contributed by atoms with van der Waals surface area (Å²) in [5.74, 6) is 0.571. The molecule has 112 valence electrons. The van der Waals surface area contributed by atoms with Gasteiger partial charge < -0.3 is 10.5 Å². The van der Waals surface area contributed by atoms with Gasteiger partial charge in [-0.1, -0.05) is 18.5 Å². The molecule has 1 heterocycles. The van der Waals surface area contributed by atoms with Crippen molar-refractivity contribution in [1.29, 1.82) is 5.41 Å². The van der Waals surface area contributed by atoms with E-state index in [2.05, 4.69) is 18.9 Å². The third-order valence-corrected chi connectivity index (χ3v) is 3.64. The van der Waals surface area contributed by atoms with Crippen molar-refractivity contribution < 1.29 is 4.74 Å². The van der Waals surface area contributed by atoms with E-state index in [1.54, 1.807) is 18.2 Å². The summed E-state index contributed by atoms with van der Waals surface area (Å²) in [4.78, 5) is 0. The van der Waals surface area contributed by atoms with Crippen LogP contribution in [0.4, 0.5) is 0 Å².